The van der Waals surface area contributed by atoms with E-state index in [9.17, 15) is 14.4 Å². The van der Waals surface area contributed by atoms with Crippen LogP contribution in [0, 0.1) is 12.8 Å². The van der Waals surface area contributed by atoms with Gasteiger partial charge in [-0.15, -0.1) is 0 Å². The van der Waals surface area contributed by atoms with Crippen LogP contribution in [0.5, 0.6) is 0 Å². The lowest BCUT2D eigenvalue weighted by atomic mass is 9.97. The Bertz CT molecular complexity index is 887. The van der Waals surface area contributed by atoms with Gasteiger partial charge in [0.05, 0.1) is 5.92 Å². The molecule has 3 N–H and O–H groups in total. The third-order valence-corrected chi connectivity index (χ3v) is 5.07. The Hall–Kier alpha value is -3.35. The fraction of sp³-hybridized carbons (Fsp3) is 0.318. The van der Waals surface area contributed by atoms with E-state index in [2.05, 4.69) is 10.6 Å². The Morgan fingerprint density at radius 2 is 1.76 bits per heavy atom. The highest BCUT2D eigenvalue weighted by molar-refractivity contribution is 6.04. The number of aliphatic carboxylic acids is 1. The van der Waals surface area contributed by atoms with Gasteiger partial charge in [-0.2, -0.15) is 0 Å². The van der Waals surface area contributed by atoms with Gasteiger partial charge in [0.2, 0.25) is 0 Å². The summed E-state index contributed by atoms with van der Waals surface area (Å²) < 4.78 is 0. The van der Waals surface area contributed by atoms with E-state index in [-0.39, 0.29) is 17.9 Å². The zero-order valence-corrected chi connectivity index (χ0v) is 16.4. The van der Waals surface area contributed by atoms with Crippen molar-refractivity contribution < 1.29 is 19.5 Å². The van der Waals surface area contributed by atoms with Gasteiger partial charge < -0.3 is 20.6 Å². The van der Waals surface area contributed by atoms with Crippen molar-refractivity contribution in [2.24, 2.45) is 5.92 Å². The molecule has 0 radical (unpaired) electrons. The maximum atomic E-state index is 12.4. The van der Waals surface area contributed by atoms with Crippen LogP contribution in [0.1, 0.15) is 34.3 Å². The molecule has 0 bridgehead atoms. The van der Waals surface area contributed by atoms with Crippen LogP contribution in [0.2, 0.25) is 0 Å². The molecule has 0 unspecified atom stereocenters. The van der Waals surface area contributed by atoms with Crippen LogP contribution in [0.25, 0.3) is 0 Å². The summed E-state index contributed by atoms with van der Waals surface area (Å²) in [5.74, 6) is -1.35. The lowest BCUT2D eigenvalue weighted by Gasteiger charge is -2.30. The highest BCUT2D eigenvalue weighted by Crippen LogP contribution is 2.17. The molecule has 1 saturated heterocycles. The minimum Gasteiger partial charge on any atom is -0.481 e. The molecule has 0 spiro atoms. The summed E-state index contributed by atoms with van der Waals surface area (Å²) in [6, 6.07) is 14.5. The van der Waals surface area contributed by atoms with Crippen LogP contribution < -0.4 is 10.6 Å². The second-order valence-corrected chi connectivity index (χ2v) is 7.28. The third-order valence-electron chi connectivity index (χ3n) is 5.07. The first-order valence-corrected chi connectivity index (χ1v) is 9.65. The van der Waals surface area contributed by atoms with Crippen molar-refractivity contribution in [1.29, 1.82) is 0 Å². The number of urea groups is 1. The molecule has 1 aliphatic heterocycles. The first kappa shape index (κ1) is 20.4. The lowest BCUT2D eigenvalue weighted by molar-refractivity contribution is -0.143. The van der Waals surface area contributed by atoms with E-state index in [1.807, 2.05) is 37.3 Å². The van der Waals surface area contributed by atoms with Gasteiger partial charge in [0, 0.05) is 30.9 Å². The number of carboxylic acids is 1. The molecule has 152 valence electrons. The zero-order valence-electron chi connectivity index (χ0n) is 16.4. The van der Waals surface area contributed by atoms with Crippen molar-refractivity contribution in [1.82, 2.24) is 10.2 Å². The van der Waals surface area contributed by atoms with Gasteiger partial charge in [0.15, 0.2) is 0 Å². The number of nitrogens with one attached hydrogen (secondary N) is 2. The van der Waals surface area contributed by atoms with Crippen molar-refractivity contribution in [3.05, 3.63) is 65.2 Å². The summed E-state index contributed by atoms with van der Waals surface area (Å²) in [6.45, 7) is 3.17. The number of nitrogens with zero attached hydrogens (tertiary/aromatic N) is 1. The van der Waals surface area contributed by atoms with Gasteiger partial charge in [0.1, 0.15) is 0 Å². The first-order chi connectivity index (χ1) is 13.9. The van der Waals surface area contributed by atoms with Gasteiger partial charge in [-0.05, 0) is 49.6 Å². The van der Waals surface area contributed by atoms with E-state index in [0.717, 1.165) is 11.1 Å². The second-order valence-electron chi connectivity index (χ2n) is 7.28. The van der Waals surface area contributed by atoms with Crippen LogP contribution in [-0.4, -0.2) is 41.0 Å². The quantitative estimate of drug-likeness (QED) is 0.724. The molecule has 29 heavy (non-hydrogen) atoms. The monoisotopic (exact) mass is 395 g/mol. The standard InChI is InChI=1S/C22H25N3O4/c1-15-5-7-17(8-6-15)20(26)24-19-4-2-3-16(13-19)14-23-22(29)25-11-9-18(10-12-25)21(27)28/h2-8,13,18H,9-12,14H2,1H3,(H,23,29)(H,24,26)(H,27,28). The van der Waals surface area contributed by atoms with Crippen molar-refractivity contribution in [3.63, 3.8) is 0 Å². The average Bonchev–Trinajstić information content (AvgIpc) is 2.73. The summed E-state index contributed by atoms with van der Waals surface area (Å²) in [5, 5.41) is 14.8. The van der Waals surface area contributed by atoms with Crippen molar-refractivity contribution >= 4 is 23.6 Å². The van der Waals surface area contributed by atoms with E-state index < -0.39 is 5.97 Å². The fourth-order valence-corrected chi connectivity index (χ4v) is 3.29. The molecule has 1 aliphatic rings. The molecule has 7 heteroatoms. The number of hydrogen-bond acceptors (Lipinski definition) is 3. The molecule has 1 heterocycles. The Balaban J connectivity index is 1.52. The van der Waals surface area contributed by atoms with Gasteiger partial charge in [-0.3, -0.25) is 9.59 Å². The number of amides is 3. The fourth-order valence-electron chi connectivity index (χ4n) is 3.29. The number of carbonyl (C=O) groups is 3. The van der Waals surface area contributed by atoms with Crippen LogP contribution in [0.3, 0.4) is 0 Å². The largest absolute Gasteiger partial charge is 0.481 e. The summed E-state index contributed by atoms with van der Waals surface area (Å²) in [4.78, 5) is 37.3. The topological polar surface area (TPSA) is 98.7 Å². The number of likely N-dealkylation sites (tertiary alicyclic amines) is 1. The Morgan fingerprint density at radius 1 is 1.07 bits per heavy atom. The summed E-state index contributed by atoms with van der Waals surface area (Å²) in [5.41, 5.74) is 3.19. The maximum absolute atomic E-state index is 12.4. The maximum Gasteiger partial charge on any atom is 0.317 e. The molecule has 0 saturated carbocycles. The highest BCUT2D eigenvalue weighted by Gasteiger charge is 2.26. The van der Waals surface area contributed by atoms with Crippen LogP contribution >= 0.6 is 0 Å². The smallest absolute Gasteiger partial charge is 0.317 e. The first-order valence-electron chi connectivity index (χ1n) is 9.65. The predicted octanol–water partition coefficient (Wildman–Crippen LogP) is 3.25. The summed E-state index contributed by atoms with van der Waals surface area (Å²) >= 11 is 0. The SMILES string of the molecule is Cc1ccc(C(=O)Nc2cccc(CNC(=O)N3CCC(C(=O)O)CC3)c2)cc1. The van der Waals surface area contributed by atoms with Gasteiger partial charge >= 0.3 is 12.0 Å². The number of piperidine rings is 1. The predicted molar refractivity (Wildman–Crippen MR) is 110 cm³/mol. The highest BCUT2D eigenvalue weighted by atomic mass is 16.4. The Labute approximate surface area is 169 Å². The Morgan fingerprint density at radius 3 is 2.41 bits per heavy atom. The number of hydrogen-bond donors (Lipinski definition) is 3. The number of carbonyl (C=O) groups excluding carboxylic acids is 2. The molecule has 0 aliphatic carbocycles. The lowest BCUT2D eigenvalue weighted by Crippen LogP contribution is -2.45. The molecule has 7 nitrogen and oxygen atoms in total. The van der Waals surface area contributed by atoms with Crippen LogP contribution in [0.15, 0.2) is 48.5 Å². The zero-order chi connectivity index (χ0) is 20.8. The average molecular weight is 395 g/mol. The molecule has 2 aromatic rings. The van der Waals surface area contributed by atoms with E-state index in [1.165, 1.54) is 0 Å². The molecular weight excluding hydrogens is 370 g/mol. The molecule has 0 atom stereocenters. The molecule has 3 amide bonds. The molecular formula is C22H25N3O4. The summed E-state index contributed by atoms with van der Waals surface area (Å²) in [7, 11) is 0. The van der Waals surface area contributed by atoms with E-state index in [1.54, 1.807) is 23.1 Å². The van der Waals surface area contributed by atoms with E-state index in [0.29, 0.717) is 43.7 Å². The minimum absolute atomic E-state index is 0.188. The van der Waals surface area contributed by atoms with Crippen molar-refractivity contribution in [2.75, 3.05) is 18.4 Å². The molecule has 0 aromatic heterocycles. The van der Waals surface area contributed by atoms with Crippen LogP contribution in [0.4, 0.5) is 10.5 Å². The molecule has 1 fully saturated rings. The van der Waals surface area contributed by atoms with Gasteiger partial charge in [-0.25, -0.2) is 4.79 Å². The van der Waals surface area contributed by atoms with E-state index >= 15 is 0 Å². The second kappa shape index (κ2) is 9.23. The number of rotatable bonds is 5. The number of anilines is 1. The van der Waals surface area contributed by atoms with Crippen molar-refractivity contribution in [3.8, 4) is 0 Å². The van der Waals surface area contributed by atoms with Gasteiger partial charge in [-0.1, -0.05) is 29.8 Å². The van der Waals surface area contributed by atoms with Gasteiger partial charge in [0.25, 0.3) is 5.91 Å². The minimum atomic E-state index is -0.797. The molecule has 3 rings (SSSR count). The number of carboxylic acid groups (broad SMARTS) is 1. The number of aryl methyl sites for hydroxylation is 1. The van der Waals surface area contributed by atoms with Crippen molar-refractivity contribution in [2.45, 2.75) is 26.3 Å². The third kappa shape index (κ3) is 5.57. The Kier molecular flexibility index (Phi) is 6.49. The number of benzene rings is 2. The molecule has 2 aromatic carbocycles. The summed E-state index contributed by atoms with van der Waals surface area (Å²) in [6.07, 6.45) is 0.951. The van der Waals surface area contributed by atoms with E-state index in [4.69, 9.17) is 5.11 Å². The van der Waals surface area contributed by atoms with Crippen LogP contribution in [-0.2, 0) is 11.3 Å². The normalized spacial score (nSPS) is 14.3.